The van der Waals surface area contributed by atoms with E-state index in [0.717, 1.165) is 12.0 Å². The molecule has 2 rings (SSSR count). The molecule has 1 aliphatic rings. The predicted octanol–water partition coefficient (Wildman–Crippen LogP) is 0.175. The Balaban J connectivity index is 2.14. The molecule has 0 bridgehead atoms. The standard InChI is InChI=1S/C11H17N3O2S/c1-12-11-7-10(13-14-11)8-3-5-9(6-4-8)17(2,15)16/h3-6,10-14H,7H2,1-2H3. The molecule has 1 aromatic rings. The molecule has 0 radical (unpaired) electrons. The van der Waals surface area contributed by atoms with E-state index in [-0.39, 0.29) is 12.2 Å². The topological polar surface area (TPSA) is 70.2 Å². The maximum Gasteiger partial charge on any atom is 0.175 e. The van der Waals surface area contributed by atoms with Crippen LogP contribution in [0.25, 0.3) is 0 Å². The van der Waals surface area contributed by atoms with Gasteiger partial charge in [0.2, 0.25) is 0 Å². The minimum Gasteiger partial charge on any atom is -0.304 e. The first-order valence-electron chi connectivity index (χ1n) is 5.49. The monoisotopic (exact) mass is 255 g/mol. The Morgan fingerprint density at radius 2 is 1.88 bits per heavy atom. The average Bonchev–Trinajstić information content (AvgIpc) is 2.76. The molecule has 2 unspecified atom stereocenters. The molecule has 17 heavy (non-hydrogen) atoms. The fourth-order valence-corrected chi connectivity index (χ4v) is 2.54. The lowest BCUT2D eigenvalue weighted by atomic mass is 10.0. The quantitative estimate of drug-likeness (QED) is 0.718. The summed E-state index contributed by atoms with van der Waals surface area (Å²) in [4.78, 5) is 0.359. The summed E-state index contributed by atoms with van der Waals surface area (Å²) in [7, 11) is -1.21. The largest absolute Gasteiger partial charge is 0.304 e. The van der Waals surface area contributed by atoms with E-state index in [2.05, 4.69) is 16.2 Å². The van der Waals surface area contributed by atoms with E-state index in [4.69, 9.17) is 0 Å². The lowest BCUT2D eigenvalue weighted by molar-refractivity contribution is 0.494. The number of nitrogens with one attached hydrogen (secondary N) is 3. The van der Waals surface area contributed by atoms with Crippen molar-refractivity contribution in [2.24, 2.45) is 0 Å². The summed E-state index contributed by atoms with van der Waals surface area (Å²) < 4.78 is 22.7. The Morgan fingerprint density at radius 3 is 2.35 bits per heavy atom. The highest BCUT2D eigenvalue weighted by molar-refractivity contribution is 7.90. The van der Waals surface area contributed by atoms with Crippen molar-refractivity contribution in [3.05, 3.63) is 29.8 Å². The van der Waals surface area contributed by atoms with Gasteiger partial charge in [0, 0.05) is 12.3 Å². The van der Waals surface area contributed by atoms with Crippen molar-refractivity contribution < 1.29 is 8.42 Å². The van der Waals surface area contributed by atoms with Crippen LogP contribution in [0.2, 0.25) is 0 Å². The van der Waals surface area contributed by atoms with Gasteiger partial charge in [0.25, 0.3) is 0 Å². The molecule has 3 N–H and O–H groups in total. The SMILES string of the molecule is CNC1CC(c2ccc(S(C)(=O)=O)cc2)NN1. The molecule has 1 heterocycles. The normalized spacial score (nSPS) is 25.1. The number of rotatable bonds is 3. The molecule has 0 aromatic heterocycles. The summed E-state index contributed by atoms with van der Waals surface area (Å²) in [6.45, 7) is 0. The van der Waals surface area contributed by atoms with E-state index in [1.165, 1.54) is 6.26 Å². The Bertz CT molecular complexity index is 484. The van der Waals surface area contributed by atoms with Crippen molar-refractivity contribution in [2.45, 2.75) is 23.5 Å². The first-order chi connectivity index (χ1) is 8.00. The van der Waals surface area contributed by atoms with Crippen LogP contribution in [-0.2, 0) is 9.84 Å². The van der Waals surface area contributed by atoms with E-state index < -0.39 is 9.84 Å². The summed E-state index contributed by atoms with van der Waals surface area (Å²) in [5.41, 5.74) is 7.38. The van der Waals surface area contributed by atoms with Crippen LogP contribution in [0.1, 0.15) is 18.0 Å². The highest BCUT2D eigenvalue weighted by Gasteiger charge is 2.23. The van der Waals surface area contributed by atoms with E-state index in [1.807, 2.05) is 19.2 Å². The van der Waals surface area contributed by atoms with Crippen molar-refractivity contribution in [3.8, 4) is 0 Å². The fraction of sp³-hybridized carbons (Fsp3) is 0.455. The molecule has 5 nitrogen and oxygen atoms in total. The van der Waals surface area contributed by atoms with Gasteiger partial charge in [-0.15, -0.1) is 0 Å². The summed E-state index contributed by atoms with van der Waals surface area (Å²) in [6, 6.07) is 7.22. The highest BCUT2D eigenvalue weighted by Crippen LogP contribution is 2.22. The Kier molecular flexibility index (Phi) is 3.48. The van der Waals surface area contributed by atoms with Crippen LogP contribution in [0.15, 0.2) is 29.2 Å². The predicted molar refractivity (Wildman–Crippen MR) is 66.0 cm³/mol. The third-order valence-electron chi connectivity index (χ3n) is 2.96. The number of hydrogen-bond acceptors (Lipinski definition) is 5. The molecule has 1 aliphatic heterocycles. The molecule has 0 saturated carbocycles. The van der Waals surface area contributed by atoms with Crippen molar-refractivity contribution >= 4 is 9.84 Å². The third-order valence-corrected chi connectivity index (χ3v) is 4.09. The van der Waals surface area contributed by atoms with Gasteiger partial charge in [-0.2, -0.15) is 0 Å². The Morgan fingerprint density at radius 1 is 1.24 bits per heavy atom. The summed E-state index contributed by atoms with van der Waals surface area (Å²) in [5, 5.41) is 3.13. The van der Waals surface area contributed by atoms with Gasteiger partial charge in [0.05, 0.1) is 11.1 Å². The van der Waals surface area contributed by atoms with Crippen molar-refractivity contribution in [1.82, 2.24) is 16.2 Å². The third kappa shape index (κ3) is 2.84. The van der Waals surface area contributed by atoms with Gasteiger partial charge in [-0.05, 0) is 31.2 Å². The van der Waals surface area contributed by atoms with Crippen molar-refractivity contribution in [2.75, 3.05) is 13.3 Å². The minimum absolute atomic E-state index is 0.209. The van der Waals surface area contributed by atoms with Crippen LogP contribution < -0.4 is 16.2 Å². The summed E-state index contributed by atoms with van der Waals surface area (Å²) in [5.74, 6) is 0. The zero-order chi connectivity index (χ0) is 12.5. The summed E-state index contributed by atoms with van der Waals surface area (Å²) >= 11 is 0. The molecule has 1 aromatic carbocycles. The Labute approximate surface area is 101 Å². The average molecular weight is 255 g/mol. The molecule has 0 aliphatic carbocycles. The minimum atomic E-state index is -3.11. The van der Waals surface area contributed by atoms with Crippen LogP contribution in [0.5, 0.6) is 0 Å². The van der Waals surface area contributed by atoms with Gasteiger partial charge < -0.3 is 5.32 Å². The molecule has 2 atom stereocenters. The van der Waals surface area contributed by atoms with Gasteiger partial charge in [-0.25, -0.2) is 19.3 Å². The second-order valence-corrected chi connectivity index (χ2v) is 6.28. The van der Waals surface area contributed by atoms with E-state index in [1.54, 1.807) is 12.1 Å². The van der Waals surface area contributed by atoms with Crippen molar-refractivity contribution in [1.29, 1.82) is 0 Å². The molecular weight excluding hydrogens is 238 g/mol. The number of hydrogen-bond donors (Lipinski definition) is 3. The lowest BCUT2D eigenvalue weighted by Gasteiger charge is -2.10. The second-order valence-electron chi connectivity index (χ2n) is 4.26. The molecule has 1 saturated heterocycles. The zero-order valence-corrected chi connectivity index (χ0v) is 10.7. The number of benzene rings is 1. The first kappa shape index (κ1) is 12.5. The van der Waals surface area contributed by atoms with Crippen LogP contribution in [0, 0.1) is 0 Å². The lowest BCUT2D eigenvalue weighted by Crippen LogP contribution is -2.38. The number of hydrazine groups is 1. The van der Waals surface area contributed by atoms with Crippen LogP contribution in [0.4, 0.5) is 0 Å². The van der Waals surface area contributed by atoms with E-state index in [9.17, 15) is 8.42 Å². The summed E-state index contributed by atoms with van der Waals surface area (Å²) in [6.07, 6.45) is 2.39. The van der Waals surface area contributed by atoms with Gasteiger partial charge in [0.1, 0.15) is 0 Å². The zero-order valence-electron chi connectivity index (χ0n) is 9.90. The molecule has 0 spiro atoms. The molecule has 0 amide bonds. The number of sulfone groups is 1. The molecular formula is C11H17N3O2S. The van der Waals surface area contributed by atoms with Gasteiger partial charge in [-0.3, -0.25) is 0 Å². The second kappa shape index (κ2) is 4.73. The Hall–Kier alpha value is -0.950. The molecule has 6 heteroatoms. The van der Waals surface area contributed by atoms with E-state index in [0.29, 0.717) is 4.90 Å². The molecule has 1 fully saturated rings. The van der Waals surface area contributed by atoms with Crippen LogP contribution in [0.3, 0.4) is 0 Å². The molecule has 94 valence electrons. The fourth-order valence-electron chi connectivity index (χ4n) is 1.91. The maximum atomic E-state index is 11.3. The first-order valence-corrected chi connectivity index (χ1v) is 7.38. The smallest absolute Gasteiger partial charge is 0.175 e. The van der Waals surface area contributed by atoms with E-state index >= 15 is 0 Å². The van der Waals surface area contributed by atoms with Crippen LogP contribution >= 0.6 is 0 Å². The van der Waals surface area contributed by atoms with Gasteiger partial charge >= 0.3 is 0 Å². The van der Waals surface area contributed by atoms with Crippen LogP contribution in [-0.4, -0.2) is 27.9 Å². The van der Waals surface area contributed by atoms with Gasteiger partial charge in [-0.1, -0.05) is 12.1 Å². The van der Waals surface area contributed by atoms with Crippen molar-refractivity contribution in [3.63, 3.8) is 0 Å². The highest BCUT2D eigenvalue weighted by atomic mass is 32.2. The van der Waals surface area contributed by atoms with Gasteiger partial charge in [0.15, 0.2) is 9.84 Å². The maximum absolute atomic E-state index is 11.3.